The molecule has 51 valence electrons. The summed E-state index contributed by atoms with van der Waals surface area (Å²) in [6.07, 6.45) is 2.65. The molecule has 1 saturated carbocycles. The molecule has 1 aliphatic rings. The highest BCUT2D eigenvalue weighted by molar-refractivity contribution is 14.1. The zero-order valence-corrected chi connectivity index (χ0v) is 7.76. The maximum atomic E-state index is 3.26. The minimum Gasteiger partial charge on any atom is -0.0736 e. The van der Waals surface area contributed by atoms with Crippen LogP contribution in [0.2, 0.25) is 0 Å². The first kappa shape index (κ1) is 6.65. The Bertz CT molecular complexity index is 224. The predicted molar refractivity (Wildman–Crippen MR) is 50.2 cm³/mol. The third-order valence-corrected chi connectivity index (χ3v) is 3.54. The number of halogens is 1. The summed E-state index contributed by atoms with van der Waals surface area (Å²) in [7, 11) is 0. The van der Waals surface area contributed by atoms with E-state index in [-0.39, 0.29) is 0 Å². The number of alkyl halides is 1. The highest BCUT2D eigenvalue weighted by atomic mass is 127. The Balaban J connectivity index is 2.35. The van der Waals surface area contributed by atoms with E-state index in [0.717, 1.165) is 0 Å². The fourth-order valence-electron chi connectivity index (χ4n) is 1.05. The molecule has 0 aliphatic heterocycles. The first-order valence-electron chi connectivity index (χ1n) is 3.47. The van der Waals surface area contributed by atoms with E-state index in [0.29, 0.717) is 3.42 Å². The van der Waals surface area contributed by atoms with E-state index in [4.69, 9.17) is 0 Å². The molecule has 1 fully saturated rings. The van der Waals surface area contributed by atoms with Gasteiger partial charge >= 0.3 is 0 Å². The Morgan fingerprint density at radius 1 is 1.40 bits per heavy atom. The fraction of sp³-hybridized carbons (Fsp3) is 0.333. The van der Waals surface area contributed by atoms with E-state index in [1.165, 1.54) is 18.4 Å². The highest BCUT2D eigenvalue weighted by Gasteiger charge is 2.41. The maximum Gasteiger partial charge on any atom is 0.0477 e. The first-order chi connectivity index (χ1) is 4.81. The summed E-state index contributed by atoms with van der Waals surface area (Å²) in [5.41, 5.74) is 1.37. The molecule has 1 radical (unpaired) electrons. The van der Waals surface area contributed by atoms with Gasteiger partial charge in [-0.2, -0.15) is 0 Å². The summed E-state index contributed by atoms with van der Waals surface area (Å²) >= 11 is 2.52. The molecule has 1 aliphatic carbocycles. The molecule has 1 aromatic rings. The van der Waals surface area contributed by atoms with Crippen molar-refractivity contribution in [2.24, 2.45) is 0 Å². The maximum absolute atomic E-state index is 3.26. The molecule has 0 amide bonds. The topological polar surface area (TPSA) is 0 Å². The Labute approximate surface area is 74.8 Å². The van der Waals surface area contributed by atoms with Crippen LogP contribution < -0.4 is 0 Å². The lowest BCUT2D eigenvalue weighted by Gasteiger charge is -2.03. The van der Waals surface area contributed by atoms with Gasteiger partial charge in [-0.15, -0.1) is 0 Å². The molecule has 0 saturated heterocycles. The van der Waals surface area contributed by atoms with Gasteiger partial charge in [0.2, 0.25) is 0 Å². The lowest BCUT2D eigenvalue weighted by atomic mass is 10.1. The number of rotatable bonds is 1. The second kappa shape index (κ2) is 2.22. The smallest absolute Gasteiger partial charge is 0.0477 e. The van der Waals surface area contributed by atoms with Crippen molar-refractivity contribution in [2.75, 3.05) is 0 Å². The molecule has 0 bridgehead atoms. The molecule has 10 heavy (non-hydrogen) atoms. The van der Waals surface area contributed by atoms with Crippen LogP contribution in [0.5, 0.6) is 0 Å². The summed E-state index contributed by atoms with van der Waals surface area (Å²) < 4.78 is 0.457. The second-order valence-electron chi connectivity index (χ2n) is 2.74. The molecular weight excluding hydrogens is 235 g/mol. The van der Waals surface area contributed by atoms with Crippen LogP contribution in [0.1, 0.15) is 18.4 Å². The molecule has 0 nitrogen and oxygen atoms in total. The van der Waals surface area contributed by atoms with Crippen molar-refractivity contribution in [2.45, 2.75) is 16.3 Å². The van der Waals surface area contributed by atoms with Crippen LogP contribution in [-0.2, 0) is 3.42 Å². The van der Waals surface area contributed by atoms with Crippen LogP contribution in [0.25, 0.3) is 0 Å². The summed E-state index contributed by atoms with van der Waals surface area (Å²) in [4.78, 5) is 0. The van der Waals surface area contributed by atoms with Gasteiger partial charge in [0.25, 0.3) is 0 Å². The van der Waals surface area contributed by atoms with Gasteiger partial charge in [-0.3, -0.25) is 0 Å². The van der Waals surface area contributed by atoms with Gasteiger partial charge in [0, 0.05) is 3.42 Å². The molecule has 1 heteroatoms. The summed E-state index contributed by atoms with van der Waals surface area (Å²) in [5, 5.41) is 0. The third kappa shape index (κ3) is 1.07. The van der Waals surface area contributed by atoms with Gasteiger partial charge < -0.3 is 0 Å². The molecule has 1 aromatic carbocycles. The number of benzene rings is 1. The molecule has 0 aromatic heterocycles. The van der Waals surface area contributed by atoms with Crippen molar-refractivity contribution in [3.8, 4) is 0 Å². The van der Waals surface area contributed by atoms with E-state index >= 15 is 0 Å². The van der Waals surface area contributed by atoms with Crippen LogP contribution in [0.3, 0.4) is 0 Å². The van der Waals surface area contributed by atoms with Crippen molar-refractivity contribution in [1.82, 2.24) is 0 Å². The molecular formula is C9H8I. The van der Waals surface area contributed by atoms with Gasteiger partial charge in [0.15, 0.2) is 0 Å². The second-order valence-corrected chi connectivity index (χ2v) is 4.81. The predicted octanol–water partition coefficient (Wildman–Crippen LogP) is 2.91. The molecule has 0 heterocycles. The van der Waals surface area contributed by atoms with Crippen molar-refractivity contribution < 1.29 is 0 Å². The van der Waals surface area contributed by atoms with E-state index in [1.54, 1.807) is 0 Å². The SMILES string of the molecule is IC1(c2[c]cccc2)CC1. The standard InChI is InChI=1S/C9H8I/c10-9(6-7-9)8-4-2-1-3-5-8/h1-4H,6-7H2. The first-order valence-corrected chi connectivity index (χ1v) is 4.55. The minimum atomic E-state index is 0.457. The van der Waals surface area contributed by atoms with Crippen molar-refractivity contribution >= 4 is 22.6 Å². The zero-order chi connectivity index (χ0) is 7.03. The van der Waals surface area contributed by atoms with E-state index in [2.05, 4.69) is 40.8 Å². The van der Waals surface area contributed by atoms with Crippen LogP contribution in [-0.4, -0.2) is 0 Å². The molecule has 0 atom stereocenters. The zero-order valence-electron chi connectivity index (χ0n) is 5.60. The third-order valence-electron chi connectivity index (χ3n) is 1.88. The van der Waals surface area contributed by atoms with Gasteiger partial charge in [0.1, 0.15) is 0 Å². The minimum absolute atomic E-state index is 0.457. The van der Waals surface area contributed by atoms with E-state index in [1.807, 2.05) is 12.1 Å². The van der Waals surface area contributed by atoms with Gasteiger partial charge in [-0.05, 0) is 24.5 Å². The summed E-state index contributed by atoms with van der Waals surface area (Å²) in [6, 6.07) is 11.5. The summed E-state index contributed by atoms with van der Waals surface area (Å²) in [5.74, 6) is 0. The Morgan fingerprint density at radius 3 is 2.70 bits per heavy atom. The summed E-state index contributed by atoms with van der Waals surface area (Å²) in [6.45, 7) is 0. The highest BCUT2D eigenvalue weighted by Crippen LogP contribution is 2.53. The average molecular weight is 243 g/mol. The monoisotopic (exact) mass is 243 g/mol. The van der Waals surface area contributed by atoms with Gasteiger partial charge in [-0.1, -0.05) is 46.9 Å². The quantitative estimate of drug-likeness (QED) is 0.525. The van der Waals surface area contributed by atoms with Crippen LogP contribution >= 0.6 is 22.6 Å². The molecule has 0 N–H and O–H groups in total. The van der Waals surface area contributed by atoms with Crippen LogP contribution in [0.15, 0.2) is 24.3 Å². The number of hydrogen-bond donors (Lipinski definition) is 0. The van der Waals surface area contributed by atoms with Crippen molar-refractivity contribution in [1.29, 1.82) is 0 Å². The van der Waals surface area contributed by atoms with Crippen LogP contribution in [0, 0.1) is 6.07 Å². The van der Waals surface area contributed by atoms with Gasteiger partial charge in [-0.25, -0.2) is 0 Å². The average Bonchev–Trinajstić information content (AvgIpc) is 2.72. The van der Waals surface area contributed by atoms with Crippen molar-refractivity contribution in [3.05, 3.63) is 35.9 Å². The Kier molecular flexibility index (Phi) is 1.48. The largest absolute Gasteiger partial charge is 0.0736 e. The van der Waals surface area contributed by atoms with Crippen LogP contribution in [0.4, 0.5) is 0 Å². The van der Waals surface area contributed by atoms with E-state index in [9.17, 15) is 0 Å². The lowest BCUT2D eigenvalue weighted by molar-refractivity contribution is 1.08. The normalized spacial score (nSPS) is 20.5. The molecule has 2 rings (SSSR count). The molecule has 0 unspecified atom stereocenters. The van der Waals surface area contributed by atoms with Crippen molar-refractivity contribution in [3.63, 3.8) is 0 Å². The molecule has 0 spiro atoms. The fourth-order valence-corrected chi connectivity index (χ4v) is 1.66. The Morgan fingerprint density at radius 2 is 2.20 bits per heavy atom. The Hall–Kier alpha value is -0.0500. The number of hydrogen-bond acceptors (Lipinski definition) is 0. The van der Waals surface area contributed by atoms with Gasteiger partial charge in [0.05, 0.1) is 0 Å². The lowest BCUT2D eigenvalue weighted by Crippen LogP contribution is -1.92. The van der Waals surface area contributed by atoms with E-state index < -0.39 is 0 Å².